The summed E-state index contributed by atoms with van der Waals surface area (Å²) in [5.41, 5.74) is 6.92. The summed E-state index contributed by atoms with van der Waals surface area (Å²) in [7, 11) is 4.19. The molecule has 3 rings (SSSR count). The maximum atomic E-state index is 9.56. The molecule has 0 bridgehead atoms. The zero-order valence-electron chi connectivity index (χ0n) is 15.2. The molecule has 0 fully saturated rings. The van der Waals surface area contributed by atoms with Gasteiger partial charge in [-0.05, 0) is 74.3 Å². The predicted octanol–water partition coefficient (Wildman–Crippen LogP) is 2.86. The van der Waals surface area contributed by atoms with Crippen molar-refractivity contribution in [1.29, 1.82) is 0 Å². The van der Waals surface area contributed by atoms with Gasteiger partial charge in [-0.2, -0.15) is 0 Å². The number of nitrogens with zero attached hydrogens (tertiary/aromatic N) is 2. The minimum Gasteiger partial charge on any atom is -0.392 e. The van der Waals surface area contributed by atoms with Gasteiger partial charge in [-0.3, -0.25) is 0 Å². The highest BCUT2D eigenvalue weighted by molar-refractivity contribution is 5.72. The number of rotatable bonds is 6. The first-order valence-corrected chi connectivity index (χ1v) is 9.00. The highest BCUT2D eigenvalue weighted by Gasteiger charge is 2.21. The van der Waals surface area contributed by atoms with Crippen LogP contribution in [0.15, 0.2) is 36.4 Å². The third-order valence-corrected chi connectivity index (χ3v) is 4.90. The van der Waals surface area contributed by atoms with Crippen LogP contribution in [0.5, 0.6) is 0 Å². The van der Waals surface area contributed by atoms with Crippen LogP contribution in [-0.2, 0) is 26.1 Å². The van der Waals surface area contributed by atoms with Crippen molar-refractivity contribution in [2.45, 2.75) is 32.5 Å². The number of fused-ring (bicyclic) bond motifs is 2. The molecule has 0 saturated carbocycles. The molecular weight excluding hydrogens is 312 g/mol. The zero-order chi connectivity index (χ0) is 17.8. The van der Waals surface area contributed by atoms with Crippen LogP contribution in [0.1, 0.15) is 28.7 Å². The fraction of sp³-hybridized carbons (Fsp3) is 0.429. The molecule has 0 aliphatic carbocycles. The third kappa shape index (κ3) is 4.03. The molecule has 0 amide bonds. The van der Waals surface area contributed by atoms with Crippen molar-refractivity contribution < 1.29 is 10.2 Å². The van der Waals surface area contributed by atoms with Crippen molar-refractivity contribution in [3.8, 4) is 0 Å². The molecule has 1 aliphatic heterocycles. The lowest BCUT2D eigenvalue weighted by molar-refractivity contribution is 0.281. The highest BCUT2D eigenvalue weighted by atomic mass is 16.3. The van der Waals surface area contributed by atoms with Crippen LogP contribution in [0.2, 0.25) is 0 Å². The van der Waals surface area contributed by atoms with E-state index in [0.717, 1.165) is 43.5 Å². The van der Waals surface area contributed by atoms with E-state index in [2.05, 4.69) is 48.2 Å². The van der Waals surface area contributed by atoms with Gasteiger partial charge in [0.1, 0.15) is 0 Å². The van der Waals surface area contributed by atoms with E-state index in [1.54, 1.807) is 0 Å². The molecule has 4 nitrogen and oxygen atoms in total. The summed E-state index contributed by atoms with van der Waals surface area (Å²) < 4.78 is 0. The van der Waals surface area contributed by atoms with Gasteiger partial charge < -0.3 is 20.0 Å². The van der Waals surface area contributed by atoms with Gasteiger partial charge in [-0.1, -0.05) is 24.3 Å². The van der Waals surface area contributed by atoms with Crippen LogP contribution in [0.25, 0.3) is 0 Å². The molecule has 25 heavy (non-hydrogen) atoms. The first-order valence-electron chi connectivity index (χ1n) is 9.00. The first kappa shape index (κ1) is 17.9. The molecule has 0 saturated heterocycles. The van der Waals surface area contributed by atoms with Gasteiger partial charge in [0.15, 0.2) is 0 Å². The van der Waals surface area contributed by atoms with E-state index in [9.17, 15) is 10.2 Å². The maximum Gasteiger partial charge on any atom is 0.0682 e. The van der Waals surface area contributed by atoms with E-state index in [-0.39, 0.29) is 13.2 Å². The Morgan fingerprint density at radius 3 is 1.84 bits per heavy atom. The molecular formula is C21H28N2O2. The van der Waals surface area contributed by atoms with Crippen molar-refractivity contribution in [1.82, 2.24) is 4.90 Å². The van der Waals surface area contributed by atoms with Gasteiger partial charge in [-0.15, -0.1) is 0 Å². The number of anilines is 2. The first-order chi connectivity index (χ1) is 12.1. The monoisotopic (exact) mass is 340 g/mol. The Balaban J connectivity index is 2.04. The summed E-state index contributed by atoms with van der Waals surface area (Å²) in [6.07, 6.45) is 3.05. The van der Waals surface area contributed by atoms with Gasteiger partial charge in [0.25, 0.3) is 0 Å². The lowest BCUT2D eigenvalue weighted by Gasteiger charge is -2.28. The van der Waals surface area contributed by atoms with Crippen molar-refractivity contribution in [3.05, 3.63) is 58.7 Å². The van der Waals surface area contributed by atoms with Crippen LogP contribution in [-0.4, -0.2) is 42.3 Å². The molecule has 2 aromatic rings. The lowest BCUT2D eigenvalue weighted by atomic mass is 10.0. The molecule has 1 aliphatic rings. The summed E-state index contributed by atoms with van der Waals surface area (Å²) in [6, 6.07) is 12.6. The van der Waals surface area contributed by atoms with E-state index < -0.39 is 0 Å². The molecule has 0 radical (unpaired) electrons. The fourth-order valence-corrected chi connectivity index (χ4v) is 3.53. The van der Waals surface area contributed by atoms with E-state index >= 15 is 0 Å². The number of hydrogen-bond acceptors (Lipinski definition) is 4. The van der Waals surface area contributed by atoms with Crippen molar-refractivity contribution in [2.75, 3.05) is 32.1 Å². The Morgan fingerprint density at radius 2 is 1.40 bits per heavy atom. The minimum absolute atomic E-state index is 0.0579. The van der Waals surface area contributed by atoms with E-state index in [4.69, 9.17) is 0 Å². The van der Waals surface area contributed by atoms with Crippen LogP contribution in [0, 0.1) is 0 Å². The molecule has 2 aromatic carbocycles. The standard InChI is InChI=1S/C21H28N2O2/c1-22(2)10-3-11-23-20-12-16(14-24)4-6-18(20)8-9-19-7-5-17(15-25)13-21(19)23/h4-7,12-13,24-25H,3,8-11,14-15H2,1-2H3. The smallest absolute Gasteiger partial charge is 0.0682 e. The zero-order valence-corrected chi connectivity index (χ0v) is 15.2. The Labute approximate surface area is 150 Å². The number of hydrogen-bond donors (Lipinski definition) is 2. The molecule has 0 spiro atoms. The molecule has 0 aromatic heterocycles. The molecule has 0 atom stereocenters. The molecule has 4 heteroatoms. The maximum absolute atomic E-state index is 9.56. The average molecular weight is 340 g/mol. The molecule has 134 valence electrons. The highest BCUT2D eigenvalue weighted by Crippen LogP contribution is 2.37. The summed E-state index contributed by atoms with van der Waals surface area (Å²) in [4.78, 5) is 4.58. The Hall–Kier alpha value is -1.88. The largest absolute Gasteiger partial charge is 0.392 e. The number of aliphatic hydroxyl groups is 2. The average Bonchev–Trinajstić information content (AvgIpc) is 2.77. The van der Waals surface area contributed by atoms with Gasteiger partial charge >= 0.3 is 0 Å². The second-order valence-corrected chi connectivity index (χ2v) is 7.05. The summed E-state index contributed by atoms with van der Waals surface area (Å²) >= 11 is 0. The van der Waals surface area contributed by atoms with Crippen molar-refractivity contribution in [2.24, 2.45) is 0 Å². The van der Waals surface area contributed by atoms with Gasteiger partial charge in [0.05, 0.1) is 13.2 Å². The SMILES string of the molecule is CN(C)CCCN1c2cc(CO)ccc2CCc2ccc(CO)cc21. The quantitative estimate of drug-likeness (QED) is 0.849. The Morgan fingerprint density at radius 1 is 0.880 bits per heavy atom. The van der Waals surface area contributed by atoms with Crippen LogP contribution in [0.4, 0.5) is 11.4 Å². The topological polar surface area (TPSA) is 46.9 Å². The van der Waals surface area contributed by atoms with E-state index in [1.165, 1.54) is 22.5 Å². The number of benzene rings is 2. The summed E-state index contributed by atoms with van der Waals surface area (Å²) in [5.74, 6) is 0. The van der Waals surface area contributed by atoms with Gasteiger partial charge in [0, 0.05) is 17.9 Å². The Bertz CT molecular complexity index is 672. The fourth-order valence-electron chi connectivity index (χ4n) is 3.53. The summed E-state index contributed by atoms with van der Waals surface area (Å²) in [6.45, 7) is 2.06. The molecule has 1 heterocycles. The van der Waals surface area contributed by atoms with Crippen LogP contribution in [0.3, 0.4) is 0 Å². The lowest BCUT2D eigenvalue weighted by Crippen LogP contribution is -2.24. The molecule has 0 unspecified atom stereocenters. The normalized spacial score (nSPS) is 13.6. The second-order valence-electron chi connectivity index (χ2n) is 7.05. The third-order valence-electron chi connectivity index (χ3n) is 4.90. The van der Waals surface area contributed by atoms with Crippen molar-refractivity contribution >= 4 is 11.4 Å². The van der Waals surface area contributed by atoms with Crippen molar-refractivity contribution in [3.63, 3.8) is 0 Å². The number of aryl methyl sites for hydroxylation is 2. The summed E-state index contributed by atoms with van der Waals surface area (Å²) in [5, 5.41) is 19.1. The Kier molecular flexibility index (Phi) is 5.74. The van der Waals surface area contributed by atoms with Crippen LogP contribution >= 0.6 is 0 Å². The van der Waals surface area contributed by atoms with E-state index in [0.29, 0.717) is 0 Å². The van der Waals surface area contributed by atoms with E-state index in [1.807, 2.05) is 12.1 Å². The number of aliphatic hydroxyl groups excluding tert-OH is 2. The van der Waals surface area contributed by atoms with Gasteiger partial charge in [-0.25, -0.2) is 0 Å². The molecule has 2 N–H and O–H groups in total. The minimum atomic E-state index is 0.0579. The van der Waals surface area contributed by atoms with Crippen LogP contribution < -0.4 is 4.90 Å². The van der Waals surface area contributed by atoms with Gasteiger partial charge in [0.2, 0.25) is 0 Å². The predicted molar refractivity (Wildman–Crippen MR) is 102 cm³/mol. The second kappa shape index (κ2) is 8.00.